The number of carbonyl (C=O) groups is 1. The molecular formula is C20H22O5. The van der Waals surface area contributed by atoms with Crippen LogP contribution in [0, 0.1) is 0 Å². The van der Waals surface area contributed by atoms with Crippen molar-refractivity contribution in [2.45, 2.75) is 25.9 Å². The van der Waals surface area contributed by atoms with Gasteiger partial charge in [-0.2, -0.15) is 0 Å². The largest absolute Gasteiger partial charge is 0.496 e. The van der Waals surface area contributed by atoms with E-state index < -0.39 is 0 Å². The Morgan fingerprint density at radius 1 is 1.24 bits per heavy atom. The summed E-state index contributed by atoms with van der Waals surface area (Å²) < 4.78 is 22.3. The summed E-state index contributed by atoms with van der Waals surface area (Å²) in [4.78, 5) is 11.7. The number of allylic oxidation sites excluding steroid dienone is 2. The van der Waals surface area contributed by atoms with Crippen LogP contribution in [0.3, 0.4) is 0 Å². The molecule has 25 heavy (non-hydrogen) atoms. The van der Waals surface area contributed by atoms with Crippen molar-refractivity contribution >= 4 is 17.3 Å². The Morgan fingerprint density at radius 2 is 2.08 bits per heavy atom. The highest BCUT2D eigenvalue weighted by Crippen LogP contribution is 2.29. The first-order valence-corrected chi connectivity index (χ1v) is 8.35. The van der Waals surface area contributed by atoms with Crippen LogP contribution in [0.1, 0.15) is 19.8 Å². The van der Waals surface area contributed by atoms with Gasteiger partial charge in [-0.15, -0.1) is 0 Å². The molecule has 0 radical (unpaired) electrons. The minimum Gasteiger partial charge on any atom is -0.496 e. The second-order valence-electron chi connectivity index (χ2n) is 5.68. The smallest absolute Gasteiger partial charge is 0.306 e. The van der Waals surface area contributed by atoms with Gasteiger partial charge < -0.3 is 18.9 Å². The summed E-state index contributed by atoms with van der Waals surface area (Å²) in [6.45, 7) is 2.18. The van der Waals surface area contributed by atoms with E-state index in [1.165, 1.54) is 0 Å². The van der Waals surface area contributed by atoms with Gasteiger partial charge in [-0.05, 0) is 25.1 Å². The van der Waals surface area contributed by atoms with E-state index in [0.29, 0.717) is 13.0 Å². The first-order valence-electron chi connectivity index (χ1n) is 8.35. The maximum absolute atomic E-state index is 11.7. The minimum absolute atomic E-state index is 0.227. The molecule has 0 saturated carbocycles. The molecule has 1 aromatic rings. The molecule has 1 aliphatic heterocycles. The third-order valence-corrected chi connectivity index (χ3v) is 4.25. The van der Waals surface area contributed by atoms with Crippen molar-refractivity contribution < 1.29 is 23.7 Å². The van der Waals surface area contributed by atoms with Crippen LogP contribution in [0.15, 0.2) is 42.2 Å². The van der Waals surface area contributed by atoms with Crippen molar-refractivity contribution in [3.05, 3.63) is 52.6 Å². The van der Waals surface area contributed by atoms with Gasteiger partial charge in [-0.25, -0.2) is 0 Å². The van der Waals surface area contributed by atoms with E-state index in [-0.39, 0.29) is 18.5 Å². The van der Waals surface area contributed by atoms with Crippen molar-refractivity contribution in [2.75, 3.05) is 20.8 Å². The number of carbonyl (C=O) groups excluding carboxylic acids is 1. The van der Waals surface area contributed by atoms with E-state index in [9.17, 15) is 4.79 Å². The normalized spacial score (nSPS) is 17.9. The summed E-state index contributed by atoms with van der Waals surface area (Å²) in [5.41, 5.74) is 0.942. The fourth-order valence-electron chi connectivity index (χ4n) is 3.18. The van der Waals surface area contributed by atoms with Crippen LogP contribution in [0.2, 0.25) is 0 Å². The zero-order chi connectivity index (χ0) is 17.8. The lowest BCUT2D eigenvalue weighted by Gasteiger charge is -2.28. The Kier molecular flexibility index (Phi) is 5.12. The van der Waals surface area contributed by atoms with E-state index in [0.717, 1.165) is 33.3 Å². The van der Waals surface area contributed by atoms with E-state index >= 15 is 0 Å². The lowest BCUT2D eigenvalue weighted by molar-refractivity contribution is -0.143. The Hall–Kier alpha value is -2.69. The highest BCUT2D eigenvalue weighted by Gasteiger charge is 2.28. The zero-order valence-electron chi connectivity index (χ0n) is 14.7. The third kappa shape index (κ3) is 3.27. The van der Waals surface area contributed by atoms with Crippen molar-refractivity contribution in [3.63, 3.8) is 0 Å². The Bertz CT molecular complexity index is 847. The summed E-state index contributed by atoms with van der Waals surface area (Å²) >= 11 is 0. The molecule has 5 nitrogen and oxygen atoms in total. The molecule has 1 atom stereocenters. The van der Waals surface area contributed by atoms with Gasteiger partial charge in [0.15, 0.2) is 0 Å². The van der Waals surface area contributed by atoms with Crippen molar-refractivity contribution in [3.8, 4) is 5.75 Å². The van der Waals surface area contributed by atoms with E-state index in [1.54, 1.807) is 21.1 Å². The van der Waals surface area contributed by atoms with Crippen LogP contribution >= 0.6 is 0 Å². The summed E-state index contributed by atoms with van der Waals surface area (Å²) in [7, 11) is 3.29. The summed E-state index contributed by atoms with van der Waals surface area (Å²) in [6.07, 6.45) is 6.28. The Balaban J connectivity index is 2.15. The van der Waals surface area contributed by atoms with E-state index in [4.69, 9.17) is 18.9 Å². The molecule has 1 aliphatic carbocycles. The molecule has 0 saturated heterocycles. The molecule has 0 N–H and O–H groups in total. The Labute approximate surface area is 146 Å². The third-order valence-electron chi connectivity index (χ3n) is 4.25. The number of fused-ring (bicyclic) bond motifs is 2. The maximum Gasteiger partial charge on any atom is 0.306 e. The van der Waals surface area contributed by atoms with Crippen LogP contribution in [-0.2, 0) is 19.0 Å². The van der Waals surface area contributed by atoms with E-state index in [2.05, 4.69) is 0 Å². The average Bonchev–Trinajstić information content (AvgIpc) is 2.65. The van der Waals surface area contributed by atoms with Crippen molar-refractivity contribution in [2.24, 2.45) is 0 Å². The highest BCUT2D eigenvalue weighted by atomic mass is 16.5. The first-order chi connectivity index (χ1) is 12.2. The number of benzene rings is 1. The number of rotatable bonds is 6. The van der Waals surface area contributed by atoms with Gasteiger partial charge >= 0.3 is 5.97 Å². The zero-order valence-corrected chi connectivity index (χ0v) is 14.7. The fraction of sp³-hybridized carbons (Fsp3) is 0.350. The molecule has 0 aromatic heterocycles. The van der Waals surface area contributed by atoms with Crippen molar-refractivity contribution in [1.82, 2.24) is 0 Å². The van der Waals surface area contributed by atoms with E-state index in [1.807, 2.05) is 36.4 Å². The summed E-state index contributed by atoms with van der Waals surface area (Å²) in [5, 5.41) is 1.88. The van der Waals surface area contributed by atoms with Crippen LogP contribution in [0.4, 0.5) is 0 Å². The lowest BCUT2D eigenvalue weighted by Crippen LogP contribution is -2.40. The van der Waals surface area contributed by atoms with Gasteiger partial charge in [-0.3, -0.25) is 4.79 Å². The minimum atomic E-state index is -0.263. The number of hydrogen-bond acceptors (Lipinski definition) is 5. The molecule has 0 spiro atoms. The molecule has 1 aromatic carbocycles. The van der Waals surface area contributed by atoms with Crippen LogP contribution < -0.4 is 15.2 Å². The monoisotopic (exact) mass is 342 g/mol. The number of hydrogen-bond donors (Lipinski definition) is 0. The first kappa shape index (κ1) is 17.1. The fourth-order valence-corrected chi connectivity index (χ4v) is 3.18. The molecule has 2 aliphatic rings. The van der Waals surface area contributed by atoms with Gasteiger partial charge in [0.2, 0.25) is 0 Å². The molecule has 5 heteroatoms. The van der Waals surface area contributed by atoms with Gasteiger partial charge in [0.25, 0.3) is 0 Å². The average molecular weight is 342 g/mol. The van der Waals surface area contributed by atoms with Gasteiger partial charge in [-0.1, -0.05) is 18.2 Å². The topological polar surface area (TPSA) is 54.0 Å². The SMILES string of the molecule is CCOC(=O)CCC1=c2cccc(OC)c2=C2C(OC)=CC=CC2O1. The lowest BCUT2D eigenvalue weighted by atomic mass is 9.95. The molecular weight excluding hydrogens is 320 g/mol. The van der Waals surface area contributed by atoms with Gasteiger partial charge in [0, 0.05) is 16.9 Å². The number of ether oxygens (including phenoxy) is 4. The second-order valence-corrected chi connectivity index (χ2v) is 5.68. The van der Waals surface area contributed by atoms with Crippen LogP contribution in [-0.4, -0.2) is 32.9 Å². The quantitative estimate of drug-likeness (QED) is 0.738. The van der Waals surface area contributed by atoms with Gasteiger partial charge in [0.05, 0.1) is 32.8 Å². The van der Waals surface area contributed by atoms with Crippen LogP contribution in [0.25, 0.3) is 11.3 Å². The van der Waals surface area contributed by atoms with Crippen molar-refractivity contribution in [1.29, 1.82) is 0 Å². The molecule has 1 heterocycles. The van der Waals surface area contributed by atoms with Gasteiger partial charge in [0.1, 0.15) is 23.4 Å². The molecule has 1 unspecified atom stereocenters. The summed E-state index contributed by atoms with van der Waals surface area (Å²) in [6, 6.07) is 5.82. The number of methoxy groups -OCH3 is 2. The predicted octanol–water partition coefficient (Wildman–Crippen LogP) is 1.80. The summed E-state index contributed by atoms with van der Waals surface area (Å²) in [5.74, 6) is 2.04. The maximum atomic E-state index is 11.7. The Morgan fingerprint density at radius 3 is 2.80 bits per heavy atom. The molecule has 3 rings (SSSR count). The predicted molar refractivity (Wildman–Crippen MR) is 94.0 cm³/mol. The molecule has 0 fully saturated rings. The van der Waals surface area contributed by atoms with Crippen LogP contribution in [0.5, 0.6) is 5.75 Å². The number of esters is 1. The standard InChI is InChI=1S/C20H22O5/c1-4-24-18(21)12-11-14-13-7-5-8-15(22-2)19(13)20-16(23-3)9-6-10-17(20)25-14/h5-10,17H,4,11-12H2,1-3H3. The molecule has 132 valence electrons. The molecule has 0 amide bonds. The second kappa shape index (κ2) is 7.47. The molecule has 0 bridgehead atoms. The highest BCUT2D eigenvalue weighted by molar-refractivity contribution is 5.75.